The molecule has 1 aromatic carbocycles. The van der Waals surface area contributed by atoms with Gasteiger partial charge in [-0.2, -0.15) is 0 Å². The lowest BCUT2D eigenvalue weighted by Gasteiger charge is -2.17. The largest absolute Gasteiger partial charge is 0.480 e. The Hall–Kier alpha value is -3.01. The Morgan fingerprint density at radius 3 is 2.72 bits per heavy atom. The Morgan fingerprint density at radius 1 is 1.31 bits per heavy atom. The molecule has 3 rings (SSSR count). The second kappa shape index (κ2) is 12.1. The molecule has 0 amide bonds. The second-order valence-electron chi connectivity index (χ2n) is 6.13. The van der Waals surface area contributed by atoms with Gasteiger partial charge in [-0.1, -0.05) is 11.6 Å². The minimum atomic E-state index is -0.365. The van der Waals surface area contributed by atoms with E-state index in [2.05, 4.69) is 37.1 Å². The van der Waals surface area contributed by atoms with Crippen LogP contribution in [0.25, 0.3) is 5.57 Å². The van der Waals surface area contributed by atoms with Crippen molar-refractivity contribution in [3.05, 3.63) is 64.7 Å². The molecular weight excluding hydrogens is 451 g/mol. The van der Waals surface area contributed by atoms with E-state index >= 15 is 0 Å². The van der Waals surface area contributed by atoms with Crippen LogP contribution in [0.1, 0.15) is 12.5 Å². The van der Waals surface area contributed by atoms with Crippen LogP contribution in [0, 0.1) is 5.82 Å². The van der Waals surface area contributed by atoms with Gasteiger partial charge in [0.05, 0.1) is 17.0 Å². The zero-order valence-electron chi connectivity index (χ0n) is 18.2. The number of rotatable bonds is 6. The second-order valence-corrected chi connectivity index (χ2v) is 7.41. The molecular formula is C22H24ClFN6OS. The van der Waals surface area contributed by atoms with E-state index in [0.29, 0.717) is 49.7 Å². The lowest BCUT2D eigenvalue weighted by atomic mass is 9.95. The number of aliphatic imine (C=N–C) groups is 3. The number of hydrogen-bond acceptors (Lipinski definition) is 7. The van der Waals surface area contributed by atoms with Crippen LogP contribution < -0.4 is 15.2 Å². The smallest absolute Gasteiger partial charge is 0.228 e. The molecule has 2 aromatic rings. The number of pyridine rings is 1. The number of anilines is 1. The Kier molecular flexibility index (Phi) is 9.58. The fourth-order valence-electron chi connectivity index (χ4n) is 2.80. The van der Waals surface area contributed by atoms with Crippen LogP contribution in [0.2, 0.25) is 5.02 Å². The van der Waals surface area contributed by atoms with Crippen molar-refractivity contribution < 1.29 is 9.13 Å². The van der Waals surface area contributed by atoms with Gasteiger partial charge >= 0.3 is 0 Å². The quantitative estimate of drug-likeness (QED) is 0.451. The molecule has 0 bridgehead atoms. The van der Waals surface area contributed by atoms with Crippen molar-refractivity contribution in [2.75, 3.05) is 25.9 Å². The van der Waals surface area contributed by atoms with Gasteiger partial charge in [0.1, 0.15) is 5.82 Å². The number of ether oxygens (including phenoxy) is 1. The number of nitrogens with two attached hydrogens (primary N) is 1. The zero-order chi connectivity index (χ0) is 23.7. The van der Waals surface area contributed by atoms with E-state index in [1.54, 1.807) is 37.5 Å². The van der Waals surface area contributed by atoms with Gasteiger partial charge in [0.15, 0.2) is 5.84 Å². The van der Waals surface area contributed by atoms with Crippen molar-refractivity contribution >= 4 is 53.1 Å². The molecule has 168 valence electrons. The lowest BCUT2D eigenvalue weighted by molar-refractivity contribution is 0.387. The van der Waals surface area contributed by atoms with Crippen molar-refractivity contribution in [1.82, 2.24) is 4.98 Å². The summed E-state index contributed by atoms with van der Waals surface area (Å²) in [6, 6.07) is 6.50. The normalized spacial score (nSPS) is 15.5. The highest BCUT2D eigenvalue weighted by Gasteiger charge is 2.19. The van der Waals surface area contributed by atoms with Crippen LogP contribution in [0.4, 0.5) is 10.1 Å². The average Bonchev–Trinajstić information content (AvgIpc) is 2.81. The van der Waals surface area contributed by atoms with Crippen molar-refractivity contribution in [1.29, 1.82) is 0 Å². The molecule has 1 aliphatic rings. The topological polar surface area (TPSA) is 97.2 Å². The van der Waals surface area contributed by atoms with E-state index < -0.39 is 0 Å². The van der Waals surface area contributed by atoms with Crippen LogP contribution in [-0.4, -0.2) is 44.5 Å². The maximum absolute atomic E-state index is 14.7. The summed E-state index contributed by atoms with van der Waals surface area (Å²) in [5, 5.41) is 0.489. The van der Waals surface area contributed by atoms with E-state index in [0.717, 1.165) is 0 Å². The van der Waals surface area contributed by atoms with E-state index in [4.69, 9.17) is 16.3 Å². The fraction of sp³-hybridized carbons (Fsp3) is 0.182. The third-order valence-electron chi connectivity index (χ3n) is 4.18. The number of benzene rings is 1. The first-order valence-electron chi connectivity index (χ1n) is 9.37. The minimum Gasteiger partial charge on any atom is -0.480 e. The van der Waals surface area contributed by atoms with Gasteiger partial charge in [-0.25, -0.2) is 14.4 Å². The summed E-state index contributed by atoms with van der Waals surface area (Å²) in [5.74, 6) is 0.598. The van der Waals surface area contributed by atoms with Crippen molar-refractivity contribution in [2.45, 2.75) is 11.8 Å². The molecule has 0 spiro atoms. The molecule has 0 saturated heterocycles. The molecule has 0 saturated carbocycles. The van der Waals surface area contributed by atoms with Crippen molar-refractivity contribution in [3.63, 3.8) is 0 Å². The molecule has 0 fully saturated rings. The Morgan fingerprint density at radius 2 is 2.06 bits per heavy atom. The first-order chi connectivity index (χ1) is 15.5. The van der Waals surface area contributed by atoms with Gasteiger partial charge in [-0.3, -0.25) is 9.98 Å². The molecule has 7 nitrogen and oxygen atoms in total. The van der Waals surface area contributed by atoms with Gasteiger partial charge in [0, 0.05) is 47.6 Å². The molecule has 32 heavy (non-hydrogen) atoms. The zero-order valence-corrected chi connectivity index (χ0v) is 19.8. The number of methoxy groups -OCH3 is 1. The summed E-state index contributed by atoms with van der Waals surface area (Å²) in [5.41, 5.74) is 7.55. The van der Waals surface area contributed by atoms with Crippen molar-refractivity contribution in [2.24, 2.45) is 20.7 Å². The summed E-state index contributed by atoms with van der Waals surface area (Å²) < 4.78 is 23.1. The number of dihydropyridines is 1. The number of allylic oxidation sites excluding steroid dienone is 1. The van der Waals surface area contributed by atoms with Crippen LogP contribution in [0.15, 0.2) is 68.2 Å². The SMILES string of the molecule is C=N/C=C1/C=C(c2cc(NSc3cc(Cl)cnc3OC)ccc2F)C(C)=NC1=NC.CN. The first-order valence-corrected chi connectivity index (χ1v) is 10.6. The molecule has 1 aromatic heterocycles. The number of hydrogen-bond donors (Lipinski definition) is 2. The Bertz CT molecular complexity index is 1110. The van der Waals surface area contributed by atoms with Crippen LogP contribution in [-0.2, 0) is 0 Å². The summed E-state index contributed by atoms with van der Waals surface area (Å²) >= 11 is 7.29. The summed E-state index contributed by atoms with van der Waals surface area (Å²) in [7, 11) is 4.67. The molecule has 10 heteroatoms. The number of nitrogens with one attached hydrogen (secondary N) is 1. The van der Waals surface area contributed by atoms with Crippen LogP contribution >= 0.6 is 23.5 Å². The molecule has 3 N–H and O–H groups in total. The van der Waals surface area contributed by atoms with E-state index in [1.165, 1.54) is 38.4 Å². The molecule has 1 aliphatic heterocycles. The predicted octanol–water partition coefficient (Wildman–Crippen LogP) is 5.05. The van der Waals surface area contributed by atoms with E-state index in [9.17, 15) is 4.39 Å². The highest BCUT2D eigenvalue weighted by atomic mass is 35.5. The Balaban J connectivity index is 0.00000176. The van der Waals surface area contributed by atoms with Gasteiger partial charge in [-0.05, 0) is 63.0 Å². The highest BCUT2D eigenvalue weighted by Crippen LogP contribution is 2.33. The van der Waals surface area contributed by atoms with Crippen LogP contribution in [0.3, 0.4) is 0 Å². The summed E-state index contributed by atoms with van der Waals surface area (Å²) in [4.78, 5) is 17.2. The maximum atomic E-state index is 14.7. The van der Waals surface area contributed by atoms with Gasteiger partial charge < -0.3 is 15.2 Å². The number of amidine groups is 1. The van der Waals surface area contributed by atoms with Gasteiger partial charge in [-0.15, -0.1) is 0 Å². The number of halogens is 2. The fourth-order valence-corrected chi connectivity index (χ4v) is 3.78. The molecule has 2 heterocycles. The monoisotopic (exact) mass is 474 g/mol. The highest BCUT2D eigenvalue weighted by molar-refractivity contribution is 8.00. The van der Waals surface area contributed by atoms with Gasteiger partial charge in [0.25, 0.3) is 0 Å². The molecule has 0 unspecified atom stereocenters. The first kappa shape index (κ1) is 25.3. The van der Waals surface area contributed by atoms with Crippen LogP contribution in [0.5, 0.6) is 5.88 Å². The molecule has 0 radical (unpaired) electrons. The number of nitrogens with zero attached hydrogens (tertiary/aromatic N) is 4. The standard InChI is InChI=1S/C21H19ClFN5OS.CH5N/c1-12-16(7-13(10-24-2)20(25-3)27-12)17-9-15(5-6-18(17)23)28-30-19-8-14(22)11-26-21(19)29-4;1-2/h5-11,28H,2H2,1,3-4H3;2H2,1H3/b13-10-,25-20?;. The minimum absolute atomic E-state index is 0.365. The number of aromatic nitrogens is 1. The Labute approximate surface area is 196 Å². The van der Waals surface area contributed by atoms with Crippen molar-refractivity contribution in [3.8, 4) is 5.88 Å². The summed E-state index contributed by atoms with van der Waals surface area (Å²) in [6.07, 6.45) is 4.86. The lowest BCUT2D eigenvalue weighted by Crippen LogP contribution is -2.12. The third kappa shape index (κ3) is 6.03. The molecule has 0 atom stereocenters. The van der Waals surface area contributed by atoms with E-state index in [1.807, 2.05) is 6.92 Å². The predicted molar refractivity (Wildman–Crippen MR) is 134 cm³/mol. The molecule has 0 aliphatic carbocycles. The van der Waals surface area contributed by atoms with Gasteiger partial charge in [0.2, 0.25) is 5.88 Å². The summed E-state index contributed by atoms with van der Waals surface area (Å²) in [6.45, 7) is 5.29. The maximum Gasteiger partial charge on any atom is 0.228 e. The van der Waals surface area contributed by atoms with E-state index in [-0.39, 0.29) is 5.82 Å². The average molecular weight is 475 g/mol. The third-order valence-corrected chi connectivity index (χ3v) is 5.23.